The van der Waals surface area contributed by atoms with E-state index < -0.39 is 18.0 Å². The Morgan fingerprint density at radius 1 is 1.64 bits per heavy atom. The van der Waals surface area contributed by atoms with Crippen LogP contribution in [0.1, 0.15) is 13.3 Å². The summed E-state index contributed by atoms with van der Waals surface area (Å²) >= 11 is 0. The summed E-state index contributed by atoms with van der Waals surface area (Å²) in [5.74, 6) is -2.07. The van der Waals surface area contributed by atoms with Gasteiger partial charge >= 0.3 is 5.97 Å². The fourth-order valence-corrected chi connectivity index (χ4v) is 0.483. The zero-order valence-corrected chi connectivity index (χ0v) is 6.20. The summed E-state index contributed by atoms with van der Waals surface area (Å²) in [4.78, 5) is 20.6. The molecule has 0 rings (SSSR count). The molecule has 2 N–H and O–H groups in total. The van der Waals surface area contributed by atoms with Gasteiger partial charge in [-0.1, -0.05) is 0 Å². The SMILES string of the molecule is CCOC(=O)C[C@@H](N)C(=O)[O-]. The van der Waals surface area contributed by atoms with Crippen LogP contribution in [0.3, 0.4) is 0 Å². The number of carboxylic acid groups (broad SMARTS) is 1. The Balaban J connectivity index is 3.66. The molecule has 0 aliphatic heterocycles. The zero-order chi connectivity index (χ0) is 8.85. The number of ether oxygens (including phenoxy) is 1. The number of esters is 1. The number of hydrogen-bond donors (Lipinski definition) is 1. The Hall–Kier alpha value is -1.10. The first kappa shape index (κ1) is 9.90. The van der Waals surface area contributed by atoms with Crippen LogP contribution in [0.5, 0.6) is 0 Å². The first-order valence-corrected chi connectivity index (χ1v) is 3.20. The van der Waals surface area contributed by atoms with Gasteiger partial charge in [0.25, 0.3) is 0 Å². The molecule has 0 spiro atoms. The molecule has 0 aliphatic carbocycles. The van der Waals surface area contributed by atoms with Crippen LogP contribution in [0.4, 0.5) is 0 Å². The van der Waals surface area contributed by atoms with Gasteiger partial charge in [0.2, 0.25) is 0 Å². The minimum absolute atomic E-state index is 0.221. The average molecular weight is 160 g/mol. The highest BCUT2D eigenvalue weighted by Crippen LogP contribution is 1.90. The Morgan fingerprint density at radius 2 is 2.18 bits per heavy atom. The number of rotatable bonds is 4. The lowest BCUT2D eigenvalue weighted by atomic mass is 10.2. The van der Waals surface area contributed by atoms with Gasteiger partial charge in [0.1, 0.15) is 0 Å². The summed E-state index contributed by atoms with van der Waals surface area (Å²) in [5, 5.41) is 10.00. The number of carbonyl (C=O) groups is 2. The lowest BCUT2D eigenvalue weighted by Crippen LogP contribution is -2.43. The van der Waals surface area contributed by atoms with Crippen molar-refractivity contribution in [3.63, 3.8) is 0 Å². The Labute approximate surface area is 64.1 Å². The third-order valence-corrected chi connectivity index (χ3v) is 0.995. The lowest BCUT2D eigenvalue weighted by Gasteiger charge is -2.10. The number of carboxylic acids is 1. The zero-order valence-electron chi connectivity index (χ0n) is 6.20. The molecule has 5 nitrogen and oxygen atoms in total. The molecule has 11 heavy (non-hydrogen) atoms. The van der Waals surface area contributed by atoms with Crippen molar-refractivity contribution < 1.29 is 19.4 Å². The normalized spacial score (nSPS) is 12.2. The van der Waals surface area contributed by atoms with Crippen LogP contribution in [-0.4, -0.2) is 24.6 Å². The third-order valence-electron chi connectivity index (χ3n) is 0.995. The van der Waals surface area contributed by atoms with Gasteiger partial charge in [-0.05, 0) is 6.92 Å². The molecule has 0 aliphatic rings. The summed E-state index contributed by atoms with van der Waals surface area (Å²) in [6, 6.07) is -1.27. The van der Waals surface area contributed by atoms with E-state index in [1.165, 1.54) is 0 Å². The van der Waals surface area contributed by atoms with Crippen molar-refractivity contribution in [3.8, 4) is 0 Å². The van der Waals surface area contributed by atoms with Gasteiger partial charge in [0.15, 0.2) is 0 Å². The van der Waals surface area contributed by atoms with Crippen LogP contribution in [0.25, 0.3) is 0 Å². The number of nitrogens with two attached hydrogens (primary N) is 1. The minimum atomic E-state index is -1.45. The molecule has 0 aromatic rings. The van der Waals surface area contributed by atoms with Crippen molar-refractivity contribution in [2.45, 2.75) is 19.4 Å². The maximum absolute atomic E-state index is 10.6. The molecule has 64 valence electrons. The van der Waals surface area contributed by atoms with E-state index in [1.54, 1.807) is 6.92 Å². The summed E-state index contributed by atoms with van der Waals surface area (Å²) < 4.78 is 4.45. The highest BCUT2D eigenvalue weighted by molar-refractivity contribution is 5.79. The molecule has 0 unspecified atom stereocenters. The summed E-state index contributed by atoms with van der Waals surface area (Å²) in [7, 11) is 0. The van der Waals surface area contributed by atoms with Gasteiger partial charge < -0.3 is 20.4 Å². The largest absolute Gasteiger partial charge is 0.548 e. The fraction of sp³-hybridized carbons (Fsp3) is 0.667. The molecule has 0 fully saturated rings. The fourth-order valence-electron chi connectivity index (χ4n) is 0.483. The standard InChI is InChI=1S/C6H11NO4/c1-2-11-5(8)3-4(7)6(9)10/h4H,2-3,7H2,1H3,(H,9,10)/p-1/t4-/m1/s1. The van der Waals surface area contributed by atoms with Crippen molar-refractivity contribution in [1.82, 2.24) is 0 Å². The number of aliphatic carboxylic acids is 1. The van der Waals surface area contributed by atoms with E-state index in [4.69, 9.17) is 5.73 Å². The van der Waals surface area contributed by atoms with Gasteiger partial charge in [-0.25, -0.2) is 0 Å². The Bertz CT molecular complexity index is 157. The first-order chi connectivity index (χ1) is 5.07. The van der Waals surface area contributed by atoms with Crippen molar-refractivity contribution in [2.24, 2.45) is 5.73 Å². The molecule has 0 saturated carbocycles. The molecule has 1 atom stereocenters. The first-order valence-electron chi connectivity index (χ1n) is 3.20. The molecule has 0 bridgehead atoms. The quantitative estimate of drug-likeness (QED) is 0.481. The maximum Gasteiger partial charge on any atom is 0.307 e. The summed E-state index contributed by atoms with van der Waals surface area (Å²) in [6.07, 6.45) is -0.337. The van der Waals surface area contributed by atoms with E-state index >= 15 is 0 Å². The maximum atomic E-state index is 10.6. The molecule has 0 aromatic carbocycles. The summed E-state index contributed by atoms with van der Waals surface area (Å²) in [6.45, 7) is 1.85. The molecular weight excluding hydrogens is 150 g/mol. The van der Waals surface area contributed by atoms with E-state index in [2.05, 4.69) is 4.74 Å². The van der Waals surface area contributed by atoms with Gasteiger partial charge in [-0.2, -0.15) is 0 Å². The van der Waals surface area contributed by atoms with E-state index in [1.807, 2.05) is 0 Å². The lowest BCUT2D eigenvalue weighted by molar-refractivity contribution is -0.307. The molecule has 0 aromatic heterocycles. The third kappa shape index (κ3) is 4.32. The Kier molecular flexibility index (Phi) is 4.21. The van der Waals surface area contributed by atoms with Crippen LogP contribution in [0.2, 0.25) is 0 Å². The van der Waals surface area contributed by atoms with Crippen LogP contribution in [0.15, 0.2) is 0 Å². The van der Waals surface area contributed by atoms with E-state index in [0.717, 1.165) is 0 Å². The number of carbonyl (C=O) groups excluding carboxylic acids is 2. The molecule has 0 radical (unpaired) electrons. The molecule has 0 amide bonds. The predicted molar refractivity (Wildman–Crippen MR) is 34.2 cm³/mol. The van der Waals surface area contributed by atoms with Crippen LogP contribution >= 0.6 is 0 Å². The van der Waals surface area contributed by atoms with E-state index in [-0.39, 0.29) is 13.0 Å². The smallest absolute Gasteiger partial charge is 0.307 e. The molecule has 5 heteroatoms. The topological polar surface area (TPSA) is 92.5 Å². The Morgan fingerprint density at radius 3 is 2.55 bits per heavy atom. The van der Waals surface area contributed by atoms with Gasteiger partial charge in [0, 0.05) is 0 Å². The second kappa shape index (κ2) is 4.68. The van der Waals surface area contributed by atoms with Crippen LogP contribution < -0.4 is 10.8 Å². The predicted octanol–water partition coefficient (Wildman–Crippen LogP) is -1.98. The van der Waals surface area contributed by atoms with Gasteiger partial charge in [-0.15, -0.1) is 0 Å². The molecular formula is C6H10NO4-. The van der Waals surface area contributed by atoms with Crippen molar-refractivity contribution >= 4 is 11.9 Å². The van der Waals surface area contributed by atoms with Gasteiger partial charge in [0.05, 0.1) is 25.0 Å². The van der Waals surface area contributed by atoms with Crippen LogP contribution in [-0.2, 0) is 14.3 Å². The molecule has 0 heterocycles. The monoisotopic (exact) mass is 160 g/mol. The second-order valence-corrected chi connectivity index (χ2v) is 1.93. The van der Waals surface area contributed by atoms with Gasteiger partial charge in [-0.3, -0.25) is 4.79 Å². The highest BCUT2D eigenvalue weighted by Gasteiger charge is 2.10. The molecule has 0 saturated heterocycles. The number of hydrogen-bond acceptors (Lipinski definition) is 5. The van der Waals surface area contributed by atoms with Crippen molar-refractivity contribution in [2.75, 3.05) is 6.61 Å². The highest BCUT2D eigenvalue weighted by atomic mass is 16.5. The average Bonchev–Trinajstić information content (AvgIpc) is 1.87. The minimum Gasteiger partial charge on any atom is -0.548 e. The van der Waals surface area contributed by atoms with Crippen molar-refractivity contribution in [3.05, 3.63) is 0 Å². The van der Waals surface area contributed by atoms with E-state index in [0.29, 0.717) is 0 Å². The summed E-state index contributed by atoms with van der Waals surface area (Å²) in [5.41, 5.74) is 4.98. The van der Waals surface area contributed by atoms with E-state index in [9.17, 15) is 14.7 Å². The van der Waals surface area contributed by atoms with Crippen LogP contribution in [0, 0.1) is 0 Å². The second-order valence-electron chi connectivity index (χ2n) is 1.93. The van der Waals surface area contributed by atoms with Crippen molar-refractivity contribution in [1.29, 1.82) is 0 Å².